The quantitative estimate of drug-likeness (QED) is 0.486. The van der Waals surface area contributed by atoms with Crippen LogP contribution in [0.5, 0.6) is 11.5 Å². The summed E-state index contributed by atoms with van der Waals surface area (Å²) in [4.78, 5) is 13.0. The first-order valence-electron chi connectivity index (χ1n) is 12.3. The van der Waals surface area contributed by atoms with Crippen LogP contribution in [0, 0.1) is 17.0 Å². The van der Waals surface area contributed by atoms with Crippen LogP contribution in [0.3, 0.4) is 0 Å². The van der Waals surface area contributed by atoms with Crippen LogP contribution in [0.4, 0.5) is 13.2 Å². The summed E-state index contributed by atoms with van der Waals surface area (Å²) in [5, 5.41) is 2.74. The van der Waals surface area contributed by atoms with Crippen LogP contribution >= 0.6 is 0 Å². The van der Waals surface area contributed by atoms with Gasteiger partial charge in [0, 0.05) is 31.0 Å². The maximum absolute atomic E-state index is 15.0. The third-order valence-corrected chi connectivity index (χ3v) is 8.70. The number of benzene rings is 2. The van der Waals surface area contributed by atoms with E-state index >= 15 is 4.39 Å². The van der Waals surface area contributed by atoms with Gasteiger partial charge < -0.3 is 14.8 Å². The Morgan fingerprint density at radius 2 is 1.97 bits per heavy atom. The lowest BCUT2D eigenvalue weighted by molar-refractivity contribution is -0.131. The highest BCUT2D eigenvalue weighted by atomic mass is 32.2. The van der Waals surface area contributed by atoms with Gasteiger partial charge in [0.1, 0.15) is 17.7 Å². The van der Waals surface area contributed by atoms with Crippen molar-refractivity contribution in [3.05, 3.63) is 53.6 Å². The highest BCUT2D eigenvalue weighted by Crippen LogP contribution is 2.31. The number of hydrogen-bond acceptors (Lipinski definition) is 5. The number of hydrogen-bond donors (Lipinski definition) is 1. The summed E-state index contributed by atoms with van der Waals surface area (Å²) >= 11 is 0. The minimum atomic E-state index is -3.87. The average molecular weight is 541 g/mol. The Bertz CT molecular complexity index is 1250. The van der Waals surface area contributed by atoms with Crippen LogP contribution in [-0.2, 0) is 21.2 Å². The molecule has 2 atom stereocenters. The van der Waals surface area contributed by atoms with Crippen LogP contribution < -0.4 is 14.8 Å². The molecular weight excluding hydrogens is 509 g/mol. The molecule has 2 heterocycles. The Morgan fingerprint density at radius 1 is 1.19 bits per heavy atom. The van der Waals surface area contributed by atoms with E-state index in [1.165, 1.54) is 12.1 Å². The van der Waals surface area contributed by atoms with Crippen molar-refractivity contribution < 1.29 is 35.9 Å². The van der Waals surface area contributed by atoms with Crippen LogP contribution in [0.2, 0.25) is 0 Å². The number of nitrogens with one attached hydrogen (secondary N) is 1. The summed E-state index contributed by atoms with van der Waals surface area (Å²) in [5.41, 5.74) is -0.0233. The van der Waals surface area contributed by atoms with Crippen LogP contribution in [-0.4, -0.2) is 57.1 Å². The standard InChI is InChI=1S/C26H31F3N2O5S/c1-26(2,10-3-12-35-18-4-6-20(27)21(28)15-18)25(32)30-23-8-11-31(16-22(23)29)37(33,34)19-5-7-24-17(14-19)9-13-36-24/h4-7,14-15,22-23H,3,8-13,16H2,1-2H3,(H,30,32)/t22-,23-/m1/s1. The summed E-state index contributed by atoms with van der Waals surface area (Å²) in [6.07, 6.45) is 0.0916. The Hall–Kier alpha value is -2.79. The number of fused-ring (bicyclic) bond motifs is 1. The van der Waals surface area contributed by atoms with Gasteiger partial charge in [-0.15, -0.1) is 0 Å². The number of alkyl halides is 1. The minimum absolute atomic E-state index is 0.0871. The zero-order chi connectivity index (χ0) is 26.8. The van der Waals surface area contributed by atoms with Crippen molar-refractivity contribution in [1.82, 2.24) is 9.62 Å². The van der Waals surface area contributed by atoms with Gasteiger partial charge in [-0.05, 0) is 55.2 Å². The minimum Gasteiger partial charge on any atom is -0.493 e. The van der Waals surface area contributed by atoms with Gasteiger partial charge in [0.15, 0.2) is 11.6 Å². The van der Waals surface area contributed by atoms with Gasteiger partial charge in [-0.1, -0.05) is 13.8 Å². The lowest BCUT2D eigenvalue weighted by atomic mass is 9.86. The number of rotatable bonds is 9. The Morgan fingerprint density at radius 3 is 2.70 bits per heavy atom. The highest BCUT2D eigenvalue weighted by Gasteiger charge is 2.38. The molecule has 202 valence electrons. The zero-order valence-electron chi connectivity index (χ0n) is 20.8. The summed E-state index contributed by atoms with van der Waals surface area (Å²) < 4.78 is 79.5. The molecule has 1 amide bonds. The molecule has 2 aliphatic heterocycles. The summed E-state index contributed by atoms with van der Waals surface area (Å²) in [6, 6.07) is 7.14. The number of sulfonamides is 1. The molecule has 0 aromatic heterocycles. The molecule has 2 aromatic carbocycles. The summed E-state index contributed by atoms with van der Waals surface area (Å²) in [7, 11) is -3.87. The molecule has 37 heavy (non-hydrogen) atoms. The molecule has 0 aliphatic carbocycles. The Kier molecular flexibility index (Phi) is 8.03. The second-order valence-electron chi connectivity index (χ2n) is 10.0. The second kappa shape index (κ2) is 10.9. The van der Waals surface area contributed by atoms with Crippen LogP contribution in [0.15, 0.2) is 41.3 Å². The van der Waals surface area contributed by atoms with E-state index in [0.29, 0.717) is 31.6 Å². The molecule has 2 aromatic rings. The SMILES string of the molecule is CC(C)(CCCOc1ccc(F)c(F)c1)C(=O)N[C@@H]1CCN(S(=O)(=O)c2ccc3c(c2)CCO3)C[C@H]1F. The van der Waals surface area contributed by atoms with Gasteiger partial charge in [-0.2, -0.15) is 4.31 Å². The average Bonchev–Trinajstić information content (AvgIpc) is 3.33. The fourth-order valence-electron chi connectivity index (χ4n) is 4.48. The van der Waals surface area contributed by atoms with Crippen molar-refractivity contribution in [3.63, 3.8) is 0 Å². The maximum atomic E-state index is 15.0. The van der Waals surface area contributed by atoms with Crippen molar-refractivity contribution >= 4 is 15.9 Å². The van der Waals surface area contributed by atoms with E-state index in [4.69, 9.17) is 9.47 Å². The molecule has 1 saturated heterocycles. The van der Waals surface area contributed by atoms with E-state index < -0.39 is 39.3 Å². The number of halogens is 3. The molecule has 7 nitrogen and oxygen atoms in total. The van der Waals surface area contributed by atoms with Gasteiger partial charge in [0.05, 0.1) is 24.2 Å². The summed E-state index contributed by atoms with van der Waals surface area (Å²) in [6.45, 7) is 3.90. The van der Waals surface area contributed by atoms with Crippen molar-refractivity contribution in [3.8, 4) is 11.5 Å². The number of ether oxygens (including phenoxy) is 2. The van der Waals surface area contributed by atoms with Crippen molar-refractivity contribution in [1.29, 1.82) is 0 Å². The largest absolute Gasteiger partial charge is 0.493 e. The zero-order valence-corrected chi connectivity index (χ0v) is 21.6. The molecule has 0 spiro atoms. The molecule has 1 fully saturated rings. The van der Waals surface area contributed by atoms with E-state index in [1.54, 1.807) is 26.0 Å². The molecule has 4 rings (SSSR count). The van der Waals surface area contributed by atoms with Crippen molar-refractivity contribution in [2.75, 3.05) is 26.3 Å². The highest BCUT2D eigenvalue weighted by molar-refractivity contribution is 7.89. The topological polar surface area (TPSA) is 84.9 Å². The van der Waals surface area contributed by atoms with Crippen LogP contribution in [0.25, 0.3) is 0 Å². The smallest absolute Gasteiger partial charge is 0.243 e. The van der Waals surface area contributed by atoms with Gasteiger partial charge in [-0.3, -0.25) is 4.79 Å². The van der Waals surface area contributed by atoms with Crippen molar-refractivity contribution in [2.45, 2.75) is 56.6 Å². The summed E-state index contributed by atoms with van der Waals surface area (Å²) in [5.74, 6) is -1.45. The molecular formula is C26H31F3N2O5S. The van der Waals surface area contributed by atoms with Crippen LogP contribution in [0.1, 0.15) is 38.7 Å². The molecule has 2 aliphatic rings. The molecule has 0 unspecified atom stereocenters. The van der Waals surface area contributed by atoms with E-state index in [9.17, 15) is 22.0 Å². The monoisotopic (exact) mass is 540 g/mol. The Labute approximate surface area is 215 Å². The lowest BCUT2D eigenvalue weighted by Gasteiger charge is -2.36. The number of carbonyl (C=O) groups excluding carboxylic acids is 1. The molecule has 0 bridgehead atoms. The van der Waals surface area contributed by atoms with Crippen molar-refractivity contribution in [2.24, 2.45) is 5.41 Å². The third-order valence-electron chi connectivity index (χ3n) is 6.84. The van der Waals surface area contributed by atoms with E-state index in [-0.39, 0.29) is 42.7 Å². The fourth-order valence-corrected chi connectivity index (χ4v) is 5.99. The number of carbonyl (C=O) groups is 1. The first kappa shape index (κ1) is 27.3. The Balaban J connectivity index is 1.27. The molecule has 11 heteroatoms. The normalized spacial score (nSPS) is 20.2. The van der Waals surface area contributed by atoms with E-state index in [1.807, 2.05) is 0 Å². The number of amides is 1. The molecule has 0 saturated carbocycles. The number of piperidine rings is 1. The lowest BCUT2D eigenvalue weighted by Crippen LogP contribution is -2.55. The fraction of sp³-hybridized carbons (Fsp3) is 0.500. The number of nitrogens with zero attached hydrogens (tertiary/aromatic N) is 1. The van der Waals surface area contributed by atoms with E-state index in [0.717, 1.165) is 22.0 Å². The van der Waals surface area contributed by atoms with E-state index in [2.05, 4.69) is 5.32 Å². The van der Waals surface area contributed by atoms with Gasteiger partial charge >= 0.3 is 0 Å². The molecule has 1 N–H and O–H groups in total. The van der Waals surface area contributed by atoms with Gasteiger partial charge in [-0.25, -0.2) is 21.6 Å². The predicted molar refractivity (Wildman–Crippen MR) is 131 cm³/mol. The first-order valence-corrected chi connectivity index (χ1v) is 13.7. The van der Waals surface area contributed by atoms with Gasteiger partial charge in [0.25, 0.3) is 0 Å². The third kappa shape index (κ3) is 6.20. The first-order chi connectivity index (χ1) is 17.5. The van der Waals surface area contributed by atoms with Gasteiger partial charge in [0.2, 0.25) is 15.9 Å². The predicted octanol–water partition coefficient (Wildman–Crippen LogP) is 4.00. The maximum Gasteiger partial charge on any atom is 0.243 e. The molecule has 0 radical (unpaired) electrons. The second-order valence-corrected chi connectivity index (χ2v) is 12.0.